The Hall–Kier alpha value is -1.51. The maximum Gasteiger partial charge on any atom is 0.318 e. The second-order valence-corrected chi connectivity index (χ2v) is 7.93. The molecule has 7 nitrogen and oxygen atoms in total. The molecular weight excluding hydrogens is 352 g/mol. The van der Waals surface area contributed by atoms with Crippen LogP contribution in [-0.2, 0) is 16.1 Å². The number of nitrogens with one attached hydrogen (secondary N) is 1. The van der Waals surface area contributed by atoms with Crippen LogP contribution in [-0.4, -0.2) is 72.5 Å². The summed E-state index contributed by atoms with van der Waals surface area (Å²) in [5.74, 6) is 0.367. The molecule has 0 spiro atoms. The Morgan fingerprint density at radius 1 is 1.38 bits per heavy atom. The van der Waals surface area contributed by atoms with Crippen LogP contribution in [0.1, 0.15) is 43.8 Å². The molecule has 0 radical (unpaired) electrons. The van der Waals surface area contributed by atoms with E-state index in [0.29, 0.717) is 18.9 Å². The highest BCUT2D eigenvalue weighted by Crippen LogP contribution is 2.19. The number of morpholine rings is 1. The quantitative estimate of drug-likeness (QED) is 0.745. The summed E-state index contributed by atoms with van der Waals surface area (Å²) < 4.78 is 5.33. The van der Waals surface area contributed by atoms with Crippen LogP contribution in [0.2, 0.25) is 0 Å². The highest BCUT2D eigenvalue weighted by Gasteiger charge is 2.21. The first-order valence-corrected chi connectivity index (χ1v) is 10.0. The first-order valence-electron chi connectivity index (χ1n) is 9.13. The monoisotopic (exact) mass is 382 g/mol. The molecule has 0 bridgehead atoms. The summed E-state index contributed by atoms with van der Waals surface area (Å²) in [6, 6.07) is -0.708. The maximum atomic E-state index is 12.5. The van der Waals surface area contributed by atoms with E-state index in [9.17, 15) is 9.59 Å². The second kappa shape index (κ2) is 9.99. The highest BCUT2D eigenvalue weighted by molar-refractivity contribution is 7.09. The van der Waals surface area contributed by atoms with Crippen molar-refractivity contribution in [1.29, 1.82) is 0 Å². The number of carbonyl (C=O) groups is 2. The molecular formula is C18H30N4O3S. The minimum atomic E-state index is -0.463. The van der Waals surface area contributed by atoms with Gasteiger partial charge in [0.15, 0.2) is 5.78 Å². The van der Waals surface area contributed by atoms with Gasteiger partial charge in [0.05, 0.1) is 36.5 Å². The third-order valence-corrected chi connectivity index (χ3v) is 5.63. The van der Waals surface area contributed by atoms with Crippen molar-refractivity contribution in [2.45, 2.75) is 45.7 Å². The summed E-state index contributed by atoms with van der Waals surface area (Å²) >= 11 is 1.61. The van der Waals surface area contributed by atoms with Gasteiger partial charge in [-0.2, -0.15) is 0 Å². The Morgan fingerprint density at radius 3 is 2.65 bits per heavy atom. The number of hydrogen-bond acceptors (Lipinski definition) is 6. The van der Waals surface area contributed by atoms with Gasteiger partial charge < -0.3 is 15.0 Å². The predicted molar refractivity (Wildman–Crippen MR) is 103 cm³/mol. The zero-order chi connectivity index (χ0) is 19.1. The lowest BCUT2D eigenvalue weighted by atomic mass is 10.1. The van der Waals surface area contributed by atoms with Crippen molar-refractivity contribution in [2.24, 2.45) is 0 Å². The lowest BCUT2D eigenvalue weighted by Crippen LogP contribution is -2.48. The molecule has 1 atom stereocenters. The van der Waals surface area contributed by atoms with E-state index >= 15 is 0 Å². The first-order chi connectivity index (χ1) is 12.4. The topological polar surface area (TPSA) is 74.8 Å². The third-order valence-electron chi connectivity index (χ3n) is 4.44. The number of ketones is 1. The van der Waals surface area contributed by atoms with E-state index in [4.69, 9.17) is 4.74 Å². The van der Waals surface area contributed by atoms with Gasteiger partial charge in [-0.3, -0.25) is 9.69 Å². The molecule has 0 saturated carbocycles. The molecule has 2 heterocycles. The van der Waals surface area contributed by atoms with Crippen LogP contribution in [0, 0.1) is 0 Å². The van der Waals surface area contributed by atoms with Crippen molar-refractivity contribution in [3.63, 3.8) is 0 Å². The normalized spacial score (nSPS) is 16.5. The van der Waals surface area contributed by atoms with Crippen molar-refractivity contribution < 1.29 is 14.3 Å². The molecule has 146 valence electrons. The maximum absolute atomic E-state index is 12.5. The molecule has 26 heavy (non-hydrogen) atoms. The van der Waals surface area contributed by atoms with Gasteiger partial charge >= 0.3 is 6.03 Å². The molecule has 1 aromatic heterocycles. The number of ether oxygens (including phenoxy) is 1. The van der Waals surface area contributed by atoms with Crippen molar-refractivity contribution >= 4 is 23.2 Å². The Kier molecular flexibility index (Phi) is 7.99. The van der Waals surface area contributed by atoms with E-state index in [1.807, 2.05) is 5.38 Å². The van der Waals surface area contributed by atoms with Crippen LogP contribution < -0.4 is 5.32 Å². The molecule has 1 fully saturated rings. The molecule has 1 aliphatic rings. The average Bonchev–Trinajstić information content (AvgIpc) is 3.07. The smallest absolute Gasteiger partial charge is 0.318 e. The van der Waals surface area contributed by atoms with Gasteiger partial charge in [0, 0.05) is 38.0 Å². The Balaban J connectivity index is 1.83. The average molecular weight is 383 g/mol. The van der Waals surface area contributed by atoms with Crippen molar-refractivity contribution in [2.75, 3.05) is 39.9 Å². The largest absolute Gasteiger partial charge is 0.379 e. The van der Waals surface area contributed by atoms with Crippen LogP contribution in [0.15, 0.2) is 5.38 Å². The molecule has 2 rings (SSSR count). The number of urea groups is 1. The lowest BCUT2D eigenvalue weighted by Gasteiger charge is -2.28. The fraction of sp³-hybridized carbons (Fsp3) is 0.722. The lowest BCUT2D eigenvalue weighted by molar-refractivity contribution is -0.119. The Morgan fingerprint density at radius 2 is 2.08 bits per heavy atom. The number of rotatable bonds is 8. The molecule has 0 aromatic carbocycles. The minimum Gasteiger partial charge on any atom is -0.379 e. The fourth-order valence-corrected chi connectivity index (χ4v) is 3.57. The van der Waals surface area contributed by atoms with Crippen LogP contribution >= 0.6 is 11.3 Å². The summed E-state index contributed by atoms with van der Waals surface area (Å²) in [6.07, 6.45) is 0.614. The van der Waals surface area contributed by atoms with Crippen LogP contribution in [0.4, 0.5) is 4.79 Å². The summed E-state index contributed by atoms with van der Waals surface area (Å²) in [5.41, 5.74) is 0.879. The van der Waals surface area contributed by atoms with E-state index in [0.717, 1.165) is 43.5 Å². The summed E-state index contributed by atoms with van der Waals surface area (Å²) in [7, 11) is 1.73. The van der Waals surface area contributed by atoms with Crippen molar-refractivity contribution in [3.8, 4) is 0 Å². The molecule has 0 unspecified atom stereocenters. The van der Waals surface area contributed by atoms with Gasteiger partial charge in [-0.25, -0.2) is 9.78 Å². The fourth-order valence-electron chi connectivity index (χ4n) is 2.75. The van der Waals surface area contributed by atoms with Crippen LogP contribution in [0.3, 0.4) is 0 Å². The van der Waals surface area contributed by atoms with E-state index < -0.39 is 6.04 Å². The predicted octanol–water partition coefficient (Wildman–Crippen LogP) is 2.09. The molecule has 2 amide bonds. The molecule has 1 aromatic rings. The highest BCUT2D eigenvalue weighted by atomic mass is 32.1. The molecule has 1 aliphatic heterocycles. The SMILES string of the molecule is CC(=O)[C@H](CCN1CCOCC1)NC(=O)N(C)Cc1csc(C(C)C)n1. The number of nitrogens with zero attached hydrogens (tertiary/aromatic N) is 3. The zero-order valence-electron chi connectivity index (χ0n) is 16.2. The van der Waals surface area contributed by atoms with Crippen LogP contribution in [0.25, 0.3) is 0 Å². The number of aromatic nitrogens is 1. The van der Waals surface area contributed by atoms with Gasteiger partial charge in [-0.05, 0) is 13.3 Å². The van der Waals surface area contributed by atoms with Gasteiger partial charge in [0.25, 0.3) is 0 Å². The summed E-state index contributed by atoms with van der Waals surface area (Å²) in [6.45, 7) is 10.2. The number of Topliss-reactive ketones (excluding diaryl/α,β-unsaturated/α-hetero) is 1. The number of amides is 2. The molecule has 1 N–H and O–H groups in total. The van der Waals surface area contributed by atoms with Crippen molar-refractivity contribution in [1.82, 2.24) is 20.1 Å². The molecule has 0 aliphatic carbocycles. The van der Waals surface area contributed by atoms with E-state index in [-0.39, 0.29) is 11.8 Å². The minimum absolute atomic E-state index is 0.0178. The van der Waals surface area contributed by atoms with E-state index in [1.54, 1.807) is 23.3 Å². The molecule has 8 heteroatoms. The van der Waals surface area contributed by atoms with Crippen LogP contribution in [0.5, 0.6) is 0 Å². The number of thiazole rings is 1. The standard InChI is InChI=1S/C18H30N4O3S/c1-13(2)17-19-15(12-26-17)11-21(4)18(24)20-16(14(3)23)5-6-22-7-9-25-10-8-22/h12-13,16H,5-11H2,1-4H3,(H,20,24)/t16-/m0/s1. The molecule has 1 saturated heterocycles. The third kappa shape index (κ3) is 6.34. The van der Waals surface area contributed by atoms with Gasteiger partial charge in [-0.1, -0.05) is 13.8 Å². The van der Waals surface area contributed by atoms with E-state index in [1.165, 1.54) is 6.92 Å². The Bertz CT molecular complexity index is 599. The second-order valence-electron chi connectivity index (χ2n) is 7.04. The van der Waals surface area contributed by atoms with Gasteiger partial charge in [-0.15, -0.1) is 11.3 Å². The van der Waals surface area contributed by atoms with Gasteiger partial charge in [0.2, 0.25) is 0 Å². The van der Waals surface area contributed by atoms with Crippen molar-refractivity contribution in [3.05, 3.63) is 16.1 Å². The summed E-state index contributed by atoms with van der Waals surface area (Å²) in [4.78, 5) is 32.8. The van der Waals surface area contributed by atoms with E-state index in [2.05, 4.69) is 29.0 Å². The Labute approximate surface area is 159 Å². The summed E-state index contributed by atoms with van der Waals surface area (Å²) in [5, 5.41) is 5.92. The van der Waals surface area contributed by atoms with Gasteiger partial charge in [0.1, 0.15) is 0 Å². The number of carbonyl (C=O) groups excluding carboxylic acids is 2. The first kappa shape index (κ1) is 20.8. The zero-order valence-corrected chi connectivity index (χ0v) is 17.0. The number of hydrogen-bond donors (Lipinski definition) is 1.